The minimum atomic E-state index is -0.175. The highest BCUT2D eigenvalue weighted by Crippen LogP contribution is 2.26. The molecule has 0 aliphatic heterocycles. The van der Waals surface area contributed by atoms with Crippen molar-refractivity contribution < 1.29 is 9.21 Å². The van der Waals surface area contributed by atoms with E-state index in [1.165, 1.54) is 0 Å². The van der Waals surface area contributed by atoms with Gasteiger partial charge in [-0.25, -0.2) is 4.68 Å². The third-order valence-corrected chi connectivity index (χ3v) is 4.71. The van der Waals surface area contributed by atoms with Crippen LogP contribution in [0.4, 0.5) is 5.82 Å². The van der Waals surface area contributed by atoms with Gasteiger partial charge in [0.2, 0.25) is 5.91 Å². The number of aromatic nitrogens is 5. The maximum Gasteiger partial charge on any atom is 0.247 e. The fraction of sp³-hybridized carbons (Fsp3) is 0.238. The Hall–Kier alpha value is -3.68. The van der Waals surface area contributed by atoms with Crippen molar-refractivity contribution in [2.45, 2.75) is 33.9 Å². The minimum absolute atomic E-state index is 0.109. The van der Waals surface area contributed by atoms with Gasteiger partial charge < -0.3 is 9.73 Å². The SMILES string of the molecule is Cc1ccc(Cn2nccc2NC(=O)Cn2nc(C)c(-c3cccnc3)c2C)o1. The molecule has 0 atom stereocenters. The molecule has 0 saturated heterocycles. The van der Waals surface area contributed by atoms with E-state index in [-0.39, 0.29) is 12.5 Å². The van der Waals surface area contributed by atoms with Gasteiger partial charge in [0.05, 0.1) is 11.9 Å². The first-order valence-electron chi connectivity index (χ1n) is 9.32. The summed E-state index contributed by atoms with van der Waals surface area (Å²) >= 11 is 0. The third kappa shape index (κ3) is 3.96. The predicted octanol–water partition coefficient (Wildman–Crippen LogP) is 3.35. The zero-order valence-electron chi connectivity index (χ0n) is 16.6. The van der Waals surface area contributed by atoms with Gasteiger partial charge in [-0.3, -0.25) is 14.5 Å². The Bertz CT molecular complexity index is 1140. The number of hydrogen-bond donors (Lipinski definition) is 1. The van der Waals surface area contributed by atoms with Gasteiger partial charge >= 0.3 is 0 Å². The first-order chi connectivity index (χ1) is 14.0. The normalized spacial score (nSPS) is 11.0. The zero-order valence-corrected chi connectivity index (χ0v) is 16.6. The summed E-state index contributed by atoms with van der Waals surface area (Å²) in [5, 5.41) is 11.7. The van der Waals surface area contributed by atoms with Crippen LogP contribution in [-0.2, 0) is 17.9 Å². The highest BCUT2D eigenvalue weighted by molar-refractivity contribution is 5.89. The van der Waals surface area contributed by atoms with Gasteiger partial charge in [-0.2, -0.15) is 10.2 Å². The van der Waals surface area contributed by atoms with Crippen molar-refractivity contribution in [2.24, 2.45) is 0 Å². The summed E-state index contributed by atoms with van der Waals surface area (Å²) in [6, 6.07) is 9.44. The molecule has 0 fully saturated rings. The van der Waals surface area contributed by atoms with Gasteiger partial charge in [0.1, 0.15) is 30.4 Å². The van der Waals surface area contributed by atoms with Gasteiger partial charge in [-0.1, -0.05) is 6.07 Å². The number of carbonyl (C=O) groups is 1. The average Bonchev–Trinajstić information content (AvgIpc) is 3.37. The molecule has 148 valence electrons. The lowest BCUT2D eigenvalue weighted by Crippen LogP contribution is -2.22. The lowest BCUT2D eigenvalue weighted by Gasteiger charge is -2.09. The third-order valence-electron chi connectivity index (χ3n) is 4.71. The lowest BCUT2D eigenvalue weighted by atomic mass is 10.1. The number of nitrogens with one attached hydrogen (secondary N) is 1. The quantitative estimate of drug-likeness (QED) is 0.545. The molecule has 4 aromatic heterocycles. The van der Waals surface area contributed by atoms with Crippen molar-refractivity contribution in [2.75, 3.05) is 5.32 Å². The van der Waals surface area contributed by atoms with E-state index in [1.54, 1.807) is 34.0 Å². The number of carbonyl (C=O) groups excluding carboxylic acids is 1. The van der Waals surface area contributed by atoms with Crippen LogP contribution in [0.5, 0.6) is 0 Å². The minimum Gasteiger partial charge on any atom is -0.464 e. The second-order valence-electron chi connectivity index (χ2n) is 6.88. The van der Waals surface area contributed by atoms with Crippen LogP contribution in [0.2, 0.25) is 0 Å². The van der Waals surface area contributed by atoms with Gasteiger partial charge in [0.25, 0.3) is 0 Å². The number of amides is 1. The number of rotatable bonds is 6. The molecule has 4 heterocycles. The van der Waals surface area contributed by atoms with E-state index < -0.39 is 0 Å². The molecule has 1 N–H and O–H groups in total. The second kappa shape index (κ2) is 7.75. The van der Waals surface area contributed by atoms with E-state index in [0.717, 1.165) is 34.0 Å². The molecule has 0 saturated carbocycles. The Morgan fingerprint density at radius 2 is 1.97 bits per heavy atom. The molecule has 29 heavy (non-hydrogen) atoms. The number of hydrogen-bond acceptors (Lipinski definition) is 5. The van der Waals surface area contributed by atoms with Crippen molar-refractivity contribution in [1.29, 1.82) is 0 Å². The largest absolute Gasteiger partial charge is 0.464 e. The molecule has 0 aromatic carbocycles. The van der Waals surface area contributed by atoms with Crippen LogP contribution in [-0.4, -0.2) is 30.5 Å². The molecular weight excluding hydrogens is 368 g/mol. The molecule has 0 aliphatic rings. The Morgan fingerprint density at radius 3 is 2.69 bits per heavy atom. The molecular formula is C21H22N6O2. The fourth-order valence-corrected chi connectivity index (χ4v) is 3.38. The molecule has 4 aromatic rings. The van der Waals surface area contributed by atoms with Crippen LogP contribution in [0.25, 0.3) is 11.1 Å². The highest BCUT2D eigenvalue weighted by atomic mass is 16.3. The van der Waals surface area contributed by atoms with E-state index in [4.69, 9.17) is 4.42 Å². The van der Waals surface area contributed by atoms with Gasteiger partial charge in [0, 0.05) is 35.3 Å². The summed E-state index contributed by atoms with van der Waals surface area (Å²) in [7, 11) is 0. The standard InChI is InChI=1S/C21H22N6O2/c1-14-6-7-18(29-14)12-27-19(8-10-23-27)24-20(28)13-26-16(3)21(15(2)25-26)17-5-4-9-22-11-17/h4-11H,12-13H2,1-3H3,(H,24,28). The van der Waals surface area contributed by atoms with Gasteiger partial charge in [-0.05, 0) is 39.0 Å². The molecule has 0 radical (unpaired) electrons. The molecule has 8 nitrogen and oxygen atoms in total. The average molecular weight is 390 g/mol. The molecule has 8 heteroatoms. The Kier molecular flexibility index (Phi) is 4.99. The lowest BCUT2D eigenvalue weighted by molar-refractivity contribution is -0.117. The summed E-state index contributed by atoms with van der Waals surface area (Å²) in [5.74, 6) is 2.05. The van der Waals surface area contributed by atoms with E-state index in [2.05, 4.69) is 20.5 Å². The highest BCUT2D eigenvalue weighted by Gasteiger charge is 2.16. The topological polar surface area (TPSA) is 90.8 Å². The monoisotopic (exact) mass is 390 g/mol. The molecule has 0 spiro atoms. The Balaban J connectivity index is 1.48. The summed E-state index contributed by atoms with van der Waals surface area (Å²) in [6.07, 6.45) is 5.19. The number of pyridine rings is 1. The maximum atomic E-state index is 12.6. The van der Waals surface area contributed by atoms with Crippen LogP contribution >= 0.6 is 0 Å². The number of aryl methyl sites for hydroxylation is 2. The Morgan fingerprint density at radius 1 is 1.10 bits per heavy atom. The van der Waals surface area contributed by atoms with Crippen LogP contribution in [0.1, 0.15) is 22.9 Å². The van der Waals surface area contributed by atoms with Crippen LogP contribution in [0.3, 0.4) is 0 Å². The van der Waals surface area contributed by atoms with Crippen molar-refractivity contribution in [3.63, 3.8) is 0 Å². The molecule has 0 unspecified atom stereocenters. The first-order valence-corrected chi connectivity index (χ1v) is 9.32. The summed E-state index contributed by atoms with van der Waals surface area (Å²) in [4.78, 5) is 16.8. The molecule has 1 amide bonds. The second-order valence-corrected chi connectivity index (χ2v) is 6.88. The summed E-state index contributed by atoms with van der Waals surface area (Å²) in [6.45, 7) is 6.34. The van der Waals surface area contributed by atoms with Crippen LogP contribution in [0.15, 0.2) is 53.3 Å². The van der Waals surface area contributed by atoms with Crippen molar-refractivity contribution in [1.82, 2.24) is 24.5 Å². The van der Waals surface area contributed by atoms with Crippen molar-refractivity contribution >= 4 is 11.7 Å². The van der Waals surface area contributed by atoms with Gasteiger partial charge in [0.15, 0.2) is 0 Å². The van der Waals surface area contributed by atoms with Crippen LogP contribution in [0, 0.1) is 20.8 Å². The smallest absolute Gasteiger partial charge is 0.247 e. The summed E-state index contributed by atoms with van der Waals surface area (Å²) < 4.78 is 9.00. The predicted molar refractivity (Wildman–Crippen MR) is 108 cm³/mol. The van der Waals surface area contributed by atoms with Crippen LogP contribution < -0.4 is 5.32 Å². The van der Waals surface area contributed by atoms with E-state index >= 15 is 0 Å². The fourth-order valence-electron chi connectivity index (χ4n) is 3.38. The van der Waals surface area contributed by atoms with E-state index in [0.29, 0.717) is 12.4 Å². The number of nitrogens with zero attached hydrogens (tertiary/aromatic N) is 5. The van der Waals surface area contributed by atoms with E-state index in [9.17, 15) is 4.79 Å². The van der Waals surface area contributed by atoms with Crippen molar-refractivity contribution in [3.05, 3.63) is 71.8 Å². The number of furan rings is 1. The summed E-state index contributed by atoms with van der Waals surface area (Å²) in [5.41, 5.74) is 3.77. The number of anilines is 1. The Labute approximate surface area is 168 Å². The van der Waals surface area contributed by atoms with Crippen molar-refractivity contribution in [3.8, 4) is 11.1 Å². The molecule has 0 aliphatic carbocycles. The van der Waals surface area contributed by atoms with Gasteiger partial charge in [-0.15, -0.1) is 0 Å². The van der Waals surface area contributed by atoms with E-state index in [1.807, 2.05) is 45.0 Å². The maximum absolute atomic E-state index is 12.6. The zero-order chi connectivity index (χ0) is 20.4. The molecule has 0 bridgehead atoms. The first kappa shape index (κ1) is 18.7. The molecule has 4 rings (SSSR count).